The van der Waals surface area contributed by atoms with Crippen LogP contribution >= 0.6 is 0 Å². The Kier molecular flexibility index (Phi) is 3.47. The average Bonchev–Trinajstić information content (AvgIpc) is 3.03. The molecule has 5 nitrogen and oxygen atoms in total. The van der Waals surface area contributed by atoms with Crippen LogP contribution in [-0.4, -0.2) is 21.7 Å². The summed E-state index contributed by atoms with van der Waals surface area (Å²) in [5.74, 6) is -0.282. The number of primary amides is 1. The van der Waals surface area contributed by atoms with E-state index in [1.54, 1.807) is 0 Å². The summed E-state index contributed by atoms with van der Waals surface area (Å²) >= 11 is 0. The topological polar surface area (TPSA) is 72.9 Å². The summed E-state index contributed by atoms with van der Waals surface area (Å²) in [5, 5.41) is 7.94. The summed E-state index contributed by atoms with van der Waals surface area (Å²) in [6.07, 6.45) is 2.92. The Morgan fingerprint density at radius 1 is 1.53 bits per heavy atom. The van der Waals surface area contributed by atoms with Gasteiger partial charge in [-0.25, -0.2) is 0 Å². The minimum atomic E-state index is -0.282. The lowest BCUT2D eigenvalue weighted by atomic mass is 10.2. The molecule has 1 amide bonds. The molecule has 2 rings (SSSR count). The van der Waals surface area contributed by atoms with E-state index in [1.165, 1.54) is 18.4 Å². The van der Waals surface area contributed by atoms with Crippen LogP contribution in [-0.2, 0) is 17.9 Å². The number of hydrogen-bond acceptors (Lipinski definition) is 3. The quantitative estimate of drug-likeness (QED) is 0.760. The fraction of sp³-hybridized carbons (Fsp3) is 0.667. The van der Waals surface area contributed by atoms with Gasteiger partial charge >= 0.3 is 0 Å². The zero-order chi connectivity index (χ0) is 12.4. The summed E-state index contributed by atoms with van der Waals surface area (Å²) in [6, 6.07) is 0.697. The van der Waals surface area contributed by atoms with Crippen molar-refractivity contribution in [2.75, 3.05) is 0 Å². The largest absolute Gasteiger partial charge is 0.370 e. The average molecular weight is 236 g/mol. The highest BCUT2D eigenvalue weighted by molar-refractivity contribution is 5.73. The van der Waals surface area contributed by atoms with Crippen LogP contribution in [0.3, 0.4) is 0 Å². The van der Waals surface area contributed by atoms with Gasteiger partial charge in [0.05, 0.1) is 5.69 Å². The second-order valence-corrected chi connectivity index (χ2v) is 4.74. The van der Waals surface area contributed by atoms with Gasteiger partial charge in [-0.15, -0.1) is 0 Å². The van der Waals surface area contributed by atoms with Gasteiger partial charge in [0.15, 0.2) is 0 Å². The fourth-order valence-electron chi connectivity index (χ4n) is 1.96. The Balaban J connectivity index is 2.01. The summed E-state index contributed by atoms with van der Waals surface area (Å²) in [5.41, 5.74) is 8.58. The predicted molar refractivity (Wildman–Crippen MR) is 65.4 cm³/mol. The molecule has 0 radical (unpaired) electrons. The highest BCUT2D eigenvalue weighted by Crippen LogP contribution is 2.21. The van der Waals surface area contributed by atoms with E-state index in [-0.39, 0.29) is 5.91 Å². The summed E-state index contributed by atoms with van der Waals surface area (Å²) in [7, 11) is 0. The predicted octanol–water partition coefficient (Wildman–Crippen LogP) is 0.627. The highest BCUT2D eigenvalue weighted by Gasteiger charge is 2.21. The molecule has 0 unspecified atom stereocenters. The van der Waals surface area contributed by atoms with Gasteiger partial charge in [-0.2, -0.15) is 5.10 Å². The molecule has 0 aromatic carbocycles. The number of rotatable bonds is 6. The standard InChI is InChI=1S/C12H20N4O/c1-8-11(7-14-10-3-4-10)9(2)16(15-8)6-5-12(13)17/h10,14H,3-7H2,1-2H3,(H2,13,17). The lowest BCUT2D eigenvalue weighted by Gasteiger charge is -2.05. The number of nitrogens with two attached hydrogens (primary N) is 1. The van der Waals surface area contributed by atoms with Crippen LogP contribution in [0.25, 0.3) is 0 Å². The van der Waals surface area contributed by atoms with Gasteiger partial charge in [-0.05, 0) is 26.7 Å². The van der Waals surface area contributed by atoms with Crippen LogP contribution < -0.4 is 11.1 Å². The van der Waals surface area contributed by atoms with E-state index in [4.69, 9.17) is 5.73 Å². The van der Waals surface area contributed by atoms with Crippen molar-refractivity contribution in [2.24, 2.45) is 5.73 Å². The number of nitrogens with zero attached hydrogens (tertiary/aromatic N) is 2. The third kappa shape index (κ3) is 3.06. The lowest BCUT2D eigenvalue weighted by molar-refractivity contribution is -0.118. The molecule has 17 heavy (non-hydrogen) atoms. The van der Waals surface area contributed by atoms with Crippen LogP contribution in [0, 0.1) is 13.8 Å². The first-order chi connectivity index (χ1) is 8.08. The van der Waals surface area contributed by atoms with Crippen LogP contribution in [0.15, 0.2) is 0 Å². The van der Waals surface area contributed by atoms with Gasteiger partial charge in [0.1, 0.15) is 0 Å². The first-order valence-electron chi connectivity index (χ1n) is 6.12. The fourth-order valence-corrected chi connectivity index (χ4v) is 1.96. The van der Waals surface area contributed by atoms with Gasteiger partial charge in [-0.3, -0.25) is 9.48 Å². The zero-order valence-corrected chi connectivity index (χ0v) is 10.5. The van der Waals surface area contributed by atoms with Crippen molar-refractivity contribution in [3.63, 3.8) is 0 Å². The maximum atomic E-state index is 10.8. The molecular weight excluding hydrogens is 216 g/mol. The molecule has 1 saturated carbocycles. The first-order valence-corrected chi connectivity index (χ1v) is 6.12. The number of aromatic nitrogens is 2. The van der Waals surface area contributed by atoms with Crippen LogP contribution in [0.4, 0.5) is 0 Å². The monoisotopic (exact) mass is 236 g/mol. The van der Waals surface area contributed by atoms with Gasteiger partial charge in [0.25, 0.3) is 0 Å². The third-order valence-electron chi connectivity index (χ3n) is 3.25. The molecule has 0 bridgehead atoms. The molecule has 1 fully saturated rings. The van der Waals surface area contributed by atoms with E-state index in [2.05, 4.69) is 10.4 Å². The van der Waals surface area contributed by atoms with Gasteiger partial charge in [0, 0.05) is 36.8 Å². The molecular formula is C12H20N4O. The van der Waals surface area contributed by atoms with Crippen LogP contribution in [0.1, 0.15) is 36.2 Å². The van der Waals surface area contributed by atoms with Gasteiger partial charge in [-0.1, -0.05) is 0 Å². The molecule has 0 spiro atoms. The maximum Gasteiger partial charge on any atom is 0.219 e. The maximum absolute atomic E-state index is 10.8. The second-order valence-electron chi connectivity index (χ2n) is 4.74. The molecule has 1 aromatic rings. The van der Waals surface area contributed by atoms with Gasteiger partial charge in [0.2, 0.25) is 5.91 Å². The number of carbonyl (C=O) groups is 1. The van der Waals surface area contributed by atoms with Crippen molar-refractivity contribution in [1.29, 1.82) is 0 Å². The number of amides is 1. The van der Waals surface area contributed by atoms with Crippen molar-refractivity contribution in [2.45, 2.75) is 52.2 Å². The Hall–Kier alpha value is -1.36. The van der Waals surface area contributed by atoms with E-state index in [9.17, 15) is 4.79 Å². The minimum Gasteiger partial charge on any atom is -0.370 e. The van der Waals surface area contributed by atoms with Crippen molar-refractivity contribution in [3.05, 3.63) is 17.0 Å². The number of hydrogen-bond donors (Lipinski definition) is 2. The Morgan fingerprint density at radius 2 is 2.24 bits per heavy atom. The summed E-state index contributed by atoms with van der Waals surface area (Å²) in [4.78, 5) is 10.8. The number of aryl methyl sites for hydroxylation is 2. The molecule has 1 aliphatic rings. The number of nitrogens with one attached hydrogen (secondary N) is 1. The molecule has 1 heterocycles. The van der Waals surface area contributed by atoms with E-state index < -0.39 is 0 Å². The van der Waals surface area contributed by atoms with Crippen LogP contribution in [0.5, 0.6) is 0 Å². The molecule has 94 valence electrons. The van der Waals surface area contributed by atoms with E-state index >= 15 is 0 Å². The van der Waals surface area contributed by atoms with E-state index in [0.717, 1.165) is 17.9 Å². The molecule has 0 saturated heterocycles. The molecule has 0 aliphatic heterocycles. The lowest BCUT2D eigenvalue weighted by Crippen LogP contribution is -2.17. The molecule has 3 N–H and O–H groups in total. The Morgan fingerprint density at radius 3 is 2.82 bits per heavy atom. The Labute approximate surface area is 101 Å². The zero-order valence-electron chi connectivity index (χ0n) is 10.5. The van der Waals surface area contributed by atoms with Crippen molar-refractivity contribution < 1.29 is 4.79 Å². The first kappa shape index (κ1) is 12.1. The molecule has 1 aromatic heterocycles. The van der Waals surface area contributed by atoms with Crippen molar-refractivity contribution in [1.82, 2.24) is 15.1 Å². The highest BCUT2D eigenvalue weighted by atomic mass is 16.1. The normalized spacial score (nSPS) is 15.2. The SMILES string of the molecule is Cc1nn(CCC(N)=O)c(C)c1CNC1CC1. The molecule has 5 heteroatoms. The van der Waals surface area contributed by atoms with Crippen molar-refractivity contribution in [3.8, 4) is 0 Å². The summed E-state index contributed by atoms with van der Waals surface area (Å²) < 4.78 is 1.88. The molecule has 0 atom stereocenters. The second kappa shape index (κ2) is 4.87. The molecule has 1 aliphatic carbocycles. The van der Waals surface area contributed by atoms with E-state index in [1.807, 2.05) is 18.5 Å². The number of carbonyl (C=O) groups excluding carboxylic acids is 1. The van der Waals surface area contributed by atoms with Gasteiger partial charge < -0.3 is 11.1 Å². The minimum absolute atomic E-state index is 0.282. The van der Waals surface area contributed by atoms with Crippen LogP contribution in [0.2, 0.25) is 0 Å². The summed E-state index contributed by atoms with van der Waals surface area (Å²) in [6.45, 7) is 5.51. The smallest absolute Gasteiger partial charge is 0.219 e. The van der Waals surface area contributed by atoms with Crippen molar-refractivity contribution >= 4 is 5.91 Å². The van der Waals surface area contributed by atoms with E-state index in [0.29, 0.717) is 19.0 Å². The third-order valence-corrected chi connectivity index (χ3v) is 3.25. The Bertz CT molecular complexity index is 420.